The smallest absolute Gasteiger partial charge is 0.114 e. The van der Waals surface area contributed by atoms with Crippen LogP contribution >= 0.6 is 23.2 Å². The molecule has 29 heavy (non-hydrogen) atoms. The zero-order chi connectivity index (χ0) is 19.9. The Morgan fingerprint density at radius 3 is 1.62 bits per heavy atom. The van der Waals surface area contributed by atoms with Gasteiger partial charge in [0.15, 0.2) is 0 Å². The van der Waals surface area contributed by atoms with Gasteiger partial charge in [-0.3, -0.25) is 0 Å². The number of halogens is 2. The van der Waals surface area contributed by atoms with Crippen molar-refractivity contribution in [1.82, 2.24) is 0 Å². The van der Waals surface area contributed by atoms with Crippen molar-refractivity contribution in [2.75, 3.05) is 0 Å². The maximum Gasteiger partial charge on any atom is 0.114 e. The minimum atomic E-state index is -0.0272. The molecule has 0 heterocycles. The minimum absolute atomic E-state index is 0. The number of carbonyl (C=O) groups excluding carboxylic acids is 2. The second-order valence-corrected chi connectivity index (χ2v) is 6.78. The van der Waals surface area contributed by atoms with E-state index in [1.165, 1.54) is 0 Å². The molecule has 0 radical (unpaired) electrons. The molecule has 0 fully saturated rings. The van der Waals surface area contributed by atoms with Crippen LogP contribution in [0.5, 0.6) is 0 Å². The summed E-state index contributed by atoms with van der Waals surface area (Å²) in [5.41, 5.74) is 2.47. The van der Waals surface area contributed by atoms with Crippen LogP contribution in [0.4, 0.5) is 0 Å². The molecule has 0 saturated heterocycles. The van der Waals surface area contributed by atoms with Crippen molar-refractivity contribution in [1.29, 1.82) is 0 Å². The third kappa shape index (κ3) is 5.79. The molecule has 0 spiro atoms. The Balaban J connectivity index is 0.000000200. The second kappa shape index (κ2) is 10.9. The van der Waals surface area contributed by atoms with Crippen molar-refractivity contribution < 1.29 is 26.7 Å². The van der Waals surface area contributed by atoms with Crippen LogP contribution < -0.4 is 0 Å². The molecule has 4 rings (SSSR count). The molecule has 0 aromatic heterocycles. The van der Waals surface area contributed by atoms with Gasteiger partial charge in [0.1, 0.15) is 5.78 Å². The Hall–Kier alpha value is -2.42. The van der Waals surface area contributed by atoms with Gasteiger partial charge in [-0.15, -0.1) is 23.7 Å². The van der Waals surface area contributed by atoms with Gasteiger partial charge in [-0.2, -0.15) is 18.2 Å². The summed E-state index contributed by atoms with van der Waals surface area (Å²) in [4.78, 5) is 23.7. The molecule has 4 aromatic rings. The predicted octanol–water partition coefficient (Wildman–Crippen LogP) is 6.58. The Kier molecular flexibility index (Phi) is 8.63. The van der Waals surface area contributed by atoms with Gasteiger partial charge in [-0.05, 0) is 5.56 Å². The van der Waals surface area contributed by atoms with Crippen LogP contribution in [-0.4, -0.2) is 11.6 Å². The minimum Gasteiger partial charge on any atom is -0.644 e. The van der Waals surface area contributed by atoms with Crippen molar-refractivity contribution in [2.24, 2.45) is 0 Å². The number of carbonyl (C=O) groups is 2. The van der Waals surface area contributed by atoms with E-state index in [0.29, 0.717) is 32.3 Å². The molecule has 0 aliphatic heterocycles. The molecular weight excluding hydrogens is 447 g/mol. The van der Waals surface area contributed by atoms with E-state index in [1.807, 2.05) is 48.5 Å². The molecule has 152 valence electrons. The van der Waals surface area contributed by atoms with Gasteiger partial charge in [0, 0.05) is 22.1 Å². The molecule has 4 aromatic carbocycles. The second-order valence-electron chi connectivity index (χ2n) is 5.97. The molecule has 0 aliphatic rings. The van der Waals surface area contributed by atoms with Crippen LogP contribution in [0.25, 0.3) is 0 Å². The van der Waals surface area contributed by atoms with E-state index < -0.39 is 0 Å². The largest absolute Gasteiger partial charge is 0.644 e. The van der Waals surface area contributed by atoms with Crippen molar-refractivity contribution in [3.8, 4) is 0 Å². The average molecular weight is 463 g/mol. The summed E-state index contributed by atoms with van der Waals surface area (Å²) in [5, 5.41) is 0.998. The molecule has 5 heteroatoms. The van der Waals surface area contributed by atoms with Crippen LogP contribution in [0, 0.1) is 0 Å². The third-order valence-corrected chi connectivity index (χ3v) is 4.75. The summed E-state index contributed by atoms with van der Waals surface area (Å²) in [5.74, 6) is -0.0544. The first-order chi connectivity index (χ1) is 13.6. The Morgan fingerprint density at radius 1 is 0.690 bits per heavy atom. The monoisotopic (exact) mass is 462 g/mol. The fraction of sp³-hybridized carbons (Fsp3) is 0. The summed E-state index contributed by atoms with van der Waals surface area (Å²) in [6.45, 7) is 0. The van der Waals surface area contributed by atoms with Gasteiger partial charge in [0.2, 0.25) is 0 Å². The average Bonchev–Trinajstić information content (AvgIpc) is 3.42. The van der Waals surface area contributed by atoms with Crippen molar-refractivity contribution >= 4 is 34.8 Å². The molecule has 0 atom stereocenters. The van der Waals surface area contributed by atoms with Gasteiger partial charge in [0.25, 0.3) is 0 Å². The fourth-order valence-corrected chi connectivity index (χ4v) is 3.10. The topological polar surface area (TPSA) is 34.1 Å². The first-order valence-corrected chi connectivity index (χ1v) is 9.35. The number of benzene rings is 2. The molecular formula is C24H16Cl2FeO2-6. The number of hydrogen-bond donors (Lipinski definition) is 0. The fourth-order valence-electron chi connectivity index (χ4n) is 2.65. The van der Waals surface area contributed by atoms with Gasteiger partial charge < -0.3 is 50.8 Å². The van der Waals surface area contributed by atoms with E-state index in [2.05, 4.69) is 0 Å². The van der Waals surface area contributed by atoms with Crippen molar-refractivity contribution in [3.05, 3.63) is 129 Å². The first kappa shape index (κ1) is 22.9. The summed E-state index contributed by atoms with van der Waals surface area (Å²) < 4.78 is 0. The summed E-state index contributed by atoms with van der Waals surface area (Å²) in [6, 6.07) is 28.6. The summed E-state index contributed by atoms with van der Waals surface area (Å²) in [6.07, 6.45) is 0. The molecule has 0 unspecified atom stereocenters. The Morgan fingerprint density at radius 2 is 1.14 bits per heavy atom. The maximum absolute atomic E-state index is 11.8. The standard InChI is InChI=1S/2C12H8ClO.Fe/c2*13-11-8-4-3-7-10(11)12(14)9-5-1-2-6-9;/h2*1-8H;/q-5;-1;. The Labute approximate surface area is 190 Å². The van der Waals surface area contributed by atoms with E-state index in [9.17, 15) is 9.59 Å². The molecule has 0 aliphatic carbocycles. The van der Waals surface area contributed by atoms with Gasteiger partial charge in [-0.25, -0.2) is 0 Å². The SMILES string of the molecule is O=C(c1ccccc1Cl)[c-]1[cH-][cH-][cH-][cH-]1.O=C(c1ccccc1Cl)[c-]1cccc1.[Fe]. The quantitative estimate of drug-likeness (QED) is 0.195. The summed E-state index contributed by atoms with van der Waals surface area (Å²) in [7, 11) is 0. The molecule has 0 bridgehead atoms. The molecule has 0 N–H and O–H groups in total. The van der Waals surface area contributed by atoms with Crippen LogP contribution in [0.1, 0.15) is 31.8 Å². The third-order valence-electron chi connectivity index (χ3n) is 4.09. The van der Waals surface area contributed by atoms with E-state index in [4.69, 9.17) is 23.2 Å². The predicted molar refractivity (Wildman–Crippen MR) is 114 cm³/mol. The van der Waals surface area contributed by atoms with Crippen molar-refractivity contribution in [3.63, 3.8) is 0 Å². The van der Waals surface area contributed by atoms with Crippen molar-refractivity contribution in [2.45, 2.75) is 0 Å². The normalized spacial score (nSPS) is 9.72. The zero-order valence-electron chi connectivity index (χ0n) is 15.2. The van der Waals surface area contributed by atoms with Crippen LogP contribution in [0.15, 0.2) is 97.1 Å². The number of hydrogen-bond acceptors (Lipinski definition) is 2. The number of rotatable bonds is 4. The van der Waals surface area contributed by atoms with E-state index in [-0.39, 0.29) is 28.6 Å². The van der Waals surface area contributed by atoms with E-state index >= 15 is 0 Å². The van der Waals surface area contributed by atoms with Crippen LogP contribution in [0.3, 0.4) is 0 Å². The van der Waals surface area contributed by atoms with E-state index in [1.54, 1.807) is 48.5 Å². The first-order valence-electron chi connectivity index (χ1n) is 8.60. The van der Waals surface area contributed by atoms with Gasteiger partial charge in [-0.1, -0.05) is 64.7 Å². The molecule has 0 saturated carbocycles. The zero-order valence-corrected chi connectivity index (χ0v) is 17.8. The van der Waals surface area contributed by atoms with E-state index in [0.717, 1.165) is 0 Å². The number of ketones is 2. The van der Waals surface area contributed by atoms with Crippen LogP contribution in [0.2, 0.25) is 10.0 Å². The summed E-state index contributed by atoms with van der Waals surface area (Å²) >= 11 is 11.8. The van der Waals surface area contributed by atoms with Gasteiger partial charge in [0.05, 0.1) is 0 Å². The molecule has 0 amide bonds. The molecule has 2 nitrogen and oxygen atoms in total. The van der Waals surface area contributed by atoms with Gasteiger partial charge >= 0.3 is 0 Å². The Bertz CT molecular complexity index is 980. The maximum atomic E-state index is 11.8. The van der Waals surface area contributed by atoms with Crippen LogP contribution in [-0.2, 0) is 17.1 Å².